The van der Waals surface area contributed by atoms with Crippen molar-refractivity contribution in [3.63, 3.8) is 0 Å². The summed E-state index contributed by atoms with van der Waals surface area (Å²) in [4.78, 5) is 16.9. The third-order valence-electron chi connectivity index (χ3n) is 6.04. The van der Waals surface area contributed by atoms with Crippen molar-refractivity contribution in [2.45, 2.75) is 16.2 Å². The van der Waals surface area contributed by atoms with Crippen LogP contribution in [0.15, 0.2) is 107 Å². The van der Waals surface area contributed by atoms with Gasteiger partial charge in [0.25, 0.3) is 0 Å². The van der Waals surface area contributed by atoms with Gasteiger partial charge in [0.2, 0.25) is 0 Å². The van der Waals surface area contributed by atoms with Crippen LogP contribution < -0.4 is 4.74 Å². The molecule has 0 amide bonds. The molecule has 1 aliphatic rings. The molecule has 0 saturated heterocycles. The Balaban J connectivity index is 0.000000215. The Hall–Kier alpha value is -3.22. The molecule has 0 bridgehead atoms. The summed E-state index contributed by atoms with van der Waals surface area (Å²) >= 11 is 8.03. The van der Waals surface area contributed by atoms with Crippen molar-refractivity contribution in [2.24, 2.45) is 0 Å². The minimum atomic E-state index is -0.203. The van der Waals surface area contributed by atoms with Crippen molar-refractivity contribution in [3.8, 4) is 11.5 Å². The van der Waals surface area contributed by atoms with Gasteiger partial charge >= 0.3 is 0 Å². The van der Waals surface area contributed by atoms with Crippen molar-refractivity contribution < 1.29 is 14.6 Å². The van der Waals surface area contributed by atoms with Crippen LogP contribution in [0.3, 0.4) is 0 Å². The Labute approximate surface area is 245 Å². The van der Waals surface area contributed by atoms with Crippen LogP contribution in [0.2, 0.25) is 5.02 Å². The maximum Gasteiger partial charge on any atom is 0.196 e. The Bertz CT molecular complexity index is 1460. The van der Waals surface area contributed by atoms with Crippen molar-refractivity contribution in [2.75, 3.05) is 27.7 Å². The fraction of sp³-hybridized carbons (Fsp3) is 0.156. The molecule has 1 aliphatic heterocycles. The first-order valence-electron chi connectivity index (χ1n) is 12.3. The zero-order chi connectivity index (χ0) is 27.1. The normalized spacial score (nSPS) is 12.5. The predicted molar refractivity (Wildman–Crippen MR) is 164 cm³/mol. The summed E-state index contributed by atoms with van der Waals surface area (Å²) in [7, 11) is 5.72. The van der Waals surface area contributed by atoms with Gasteiger partial charge in [0, 0.05) is 33.0 Å². The monoisotopic (exact) mass is 579 g/mol. The van der Waals surface area contributed by atoms with E-state index in [9.17, 15) is 9.90 Å². The number of carbonyl (C=O) groups excluding carboxylic acids is 1. The van der Waals surface area contributed by atoms with Crippen LogP contribution in [0.25, 0.3) is 5.57 Å². The van der Waals surface area contributed by atoms with Gasteiger partial charge in [0.1, 0.15) is 11.5 Å². The third-order valence-corrected chi connectivity index (χ3v) is 7.43. The number of fused-ring (bicyclic) bond motifs is 2. The van der Waals surface area contributed by atoms with Gasteiger partial charge in [-0.15, -0.1) is 12.4 Å². The SMILES string of the molecule is CN(C)CCC=C1c2ccccc2Sc2ccc(Cl)cc21.COc1ccc(C(=O)c2ccccc2)c(O)c1.Cl. The molecule has 0 spiro atoms. The molecule has 0 aliphatic carbocycles. The molecule has 4 aromatic rings. The van der Waals surface area contributed by atoms with E-state index < -0.39 is 0 Å². The lowest BCUT2D eigenvalue weighted by atomic mass is 9.96. The predicted octanol–water partition coefficient (Wildman–Crippen LogP) is 8.24. The standard InChI is InChI=1S/C18H18ClNS.C14H12O3.ClH/c1-20(2)11-5-7-14-15-6-3-4-8-17(15)21-18-10-9-13(19)12-16(14)18;1-17-11-7-8-12(13(15)9-11)14(16)10-5-3-2-4-6-10;/h3-4,6-10,12H,5,11H2,1-2H3;2-9,15H,1H3;1H. The fourth-order valence-electron chi connectivity index (χ4n) is 4.11. The fourth-order valence-corrected chi connectivity index (χ4v) is 5.36. The van der Waals surface area contributed by atoms with Crippen LogP contribution in [0.1, 0.15) is 33.5 Å². The Morgan fingerprint density at radius 3 is 2.31 bits per heavy atom. The second-order valence-electron chi connectivity index (χ2n) is 9.03. The van der Waals surface area contributed by atoms with Crippen LogP contribution in [0, 0.1) is 0 Å². The third kappa shape index (κ3) is 7.68. The molecule has 4 nitrogen and oxygen atoms in total. The van der Waals surface area contributed by atoms with Gasteiger partial charge in [-0.1, -0.05) is 78.0 Å². The highest BCUT2D eigenvalue weighted by Gasteiger charge is 2.20. The Kier molecular flexibility index (Phi) is 11.1. The smallest absolute Gasteiger partial charge is 0.196 e. The zero-order valence-corrected chi connectivity index (χ0v) is 24.4. The number of phenolic OH excluding ortho intramolecular Hbond substituents is 1. The molecule has 7 heteroatoms. The molecule has 1 heterocycles. The number of ketones is 1. The number of nitrogens with zero attached hydrogens (tertiary/aromatic N) is 1. The van der Waals surface area contributed by atoms with E-state index in [4.69, 9.17) is 16.3 Å². The number of halogens is 2. The summed E-state index contributed by atoms with van der Waals surface area (Å²) in [6.45, 7) is 1.05. The van der Waals surface area contributed by atoms with Crippen LogP contribution in [-0.2, 0) is 0 Å². The van der Waals surface area contributed by atoms with E-state index in [2.05, 4.69) is 61.5 Å². The van der Waals surface area contributed by atoms with Gasteiger partial charge in [-0.2, -0.15) is 0 Å². The maximum absolute atomic E-state index is 12.1. The van der Waals surface area contributed by atoms with E-state index in [-0.39, 0.29) is 29.5 Å². The number of phenols is 1. The largest absolute Gasteiger partial charge is 0.507 e. The van der Waals surface area contributed by atoms with Gasteiger partial charge in [0.05, 0.1) is 12.7 Å². The average Bonchev–Trinajstić information content (AvgIpc) is 2.93. The van der Waals surface area contributed by atoms with Crippen LogP contribution in [-0.4, -0.2) is 43.5 Å². The quantitative estimate of drug-likeness (QED) is 0.205. The Morgan fingerprint density at radius 1 is 0.923 bits per heavy atom. The lowest BCUT2D eigenvalue weighted by Gasteiger charge is -2.22. The summed E-state index contributed by atoms with van der Waals surface area (Å²) in [5.74, 6) is 0.246. The summed E-state index contributed by atoms with van der Waals surface area (Å²) < 4.78 is 4.96. The van der Waals surface area contributed by atoms with E-state index in [1.807, 2.05) is 23.9 Å². The van der Waals surface area contributed by atoms with Crippen LogP contribution in [0.4, 0.5) is 0 Å². The average molecular weight is 581 g/mol. The van der Waals surface area contributed by atoms with E-state index >= 15 is 0 Å². The molecule has 39 heavy (non-hydrogen) atoms. The van der Waals surface area contributed by atoms with Gasteiger partial charge in [-0.3, -0.25) is 4.79 Å². The molecule has 4 aromatic carbocycles. The van der Waals surface area contributed by atoms with Crippen LogP contribution >= 0.6 is 35.8 Å². The van der Waals surface area contributed by atoms with Crippen molar-refractivity contribution in [3.05, 3.63) is 124 Å². The number of ether oxygens (including phenoxy) is 1. The Morgan fingerprint density at radius 2 is 1.62 bits per heavy atom. The molecular formula is C32H31Cl2NO3S. The summed E-state index contributed by atoms with van der Waals surface area (Å²) in [6.07, 6.45) is 3.38. The van der Waals surface area contributed by atoms with Crippen LogP contribution in [0.5, 0.6) is 11.5 Å². The zero-order valence-electron chi connectivity index (χ0n) is 22.1. The van der Waals surface area contributed by atoms with Crippen molar-refractivity contribution in [1.29, 1.82) is 0 Å². The molecule has 0 fully saturated rings. The summed E-state index contributed by atoms with van der Waals surface area (Å²) in [5.41, 5.74) is 4.70. The molecule has 202 valence electrons. The molecule has 0 unspecified atom stereocenters. The highest BCUT2D eigenvalue weighted by molar-refractivity contribution is 7.99. The second kappa shape index (κ2) is 14.2. The number of benzene rings is 4. The molecule has 0 atom stereocenters. The first kappa shape index (κ1) is 30.3. The molecule has 0 aromatic heterocycles. The minimum absolute atomic E-state index is 0. The molecule has 0 saturated carbocycles. The summed E-state index contributed by atoms with van der Waals surface area (Å²) in [6, 6.07) is 28.3. The lowest BCUT2D eigenvalue weighted by Crippen LogP contribution is -2.12. The molecule has 0 radical (unpaired) electrons. The number of hydrogen-bond acceptors (Lipinski definition) is 5. The van der Waals surface area contributed by atoms with E-state index in [0.29, 0.717) is 11.3 Å². The van der Waals surface area contributed by atoms with Gasteiger partial charge in [-0.05, 0) is 73.6 Å². The first-order valence-corrected chi connectivity index (χ1v) is 13.5. The highest BCUT2D eigenvalue weighted by Crippen LogP contribution is 2.46. The number of aromatic hydroxyl groups is 1. The summed E-state index contributed by atoms with van der Waals surface area (Å²) in [5, 5.41) is 10.6. The topological polar surface area (TPSA) is 49.8 Å². The maximum atomic E-state index is 12.1. The first-order chi connectivity index (χ1) is 18.4. The van der Waals surface area contributed by atoms with Gasteiger partial charge < -0.3 is 14.7 Å². The number of methoxy groups -OCH3 is 1. The van der Waals surface area contributed by atoms with E-state index in [1.54, 1.807) is 36.4 Å². The number of carbonyl (C=O) groups is 1. The molecule has 5 rings (SSSR count). The lowest BCUT2D eigenvalue weighted by molar-refractivity contribution is 0.103. The molecule has 1 N–H and O–H groups in total. The highest BCUT2D eigenvalue weighted by atomic mass is 35.5. The minimum Gasteiger partial charge on any atom is -0.507 e. The van der Waals surface area contributed by atoms with E-state index in [0.717, 1.165) is 18.0 Å². The van der Waals surface area contributed by atoms with Crippen molar-refractivity contribution >= 4 is 47.1 Å². The second-order valence-corrected chi connectivity index (χ2v) is 10.5. The van der Waals surface area contributed by atoms with Crippen molar-refractivity contribution in [1.82, 2.24) is 4.90 Å². The van der Waals surface area contributed by atoms with Gasteiger partial charge in [-0.25, -0.2) is 0 Å². The molecular weight excluding hydrogens is 549 g/mol. The number of hydrogen-bond donors (Lipinski definition) is 1. The number of rotatable bonds is 6. The van der Waals surface area contributed by atoms with Gasteiger partial charge in [0.15, 0.2) is 5.78 Å². The van der Waals surface area contributed by atoms with E-state index in [1.165, 1.54) is 39.7 Å².